The first-order chi connectivity index (χ1) is 12.1. The van der Waals surface area contributed by atoms with Crippen LogP contribution in [-0.2, 0) is 21.2 Å². The Morgan fingerprint density at radius 2 is 1.92 bits per heavy atom. The number of para-hydroxylation sites is 1. The normalized spacial score (nSPS) is 12.5. The van der Waals surface area contributed by atoms with E-state index in [2.05, 4.69) is 10.3 Å². The topological polar surface area (TPSA) is 91.5 Å². The number of benzene rings is 1. The molecule has 0 aliphatic rings. The van der Waals surface area contributed by atoms with E-state index >= 15 is 0 Å². The number of hydrogen-bond donors (Lipinski definition) is 2. The predicted octanol–water partition coefficient (Wildman–Crippen LogP) is 2.50. The Morgan fingerprint density at radius 1 is 1.23 bits per heavy atom. The van der Waals surface area contributed by atoms with Crippen LogP contribution in [0.2, 0.25) is 0 Å². The average molecular weight is 381 g/mol. The van der Waals surface area contributed by atoms with Crippen LogP contribution in [0.4, 0.5) is 4.79 Å². The number of fused-ring (bicyclic) bond motifs is 1. The molecule has 0 aliphatic heterocycles. The number of carbonyl (C=O) groups excluding carboxylic acids is 1. The molecule has 2 rings (SSSR count). The summed E-state index contributed by atoms with van der Waals surface area (Å²) in [4.78, 5) is 14.9. The first-order valence-corrected chi connectivity index (χ1v) is 10.4. The number of aromatic nitrogens is 1. The molecule has 1 amide bonds. The molecule has 0 radical (unpaired) electrons. The van der Waals surface area contributed by atoms with Gasteiger partial charge in [0.25, 0.3) is 0 Å². The van der Waals surface area contributed by atoms with Crippen LogP contribution in [0.1, 0.15) is 26.3 Å². The van der Waals surface area contributed by atoms with Crippen LogP contribution in [0, 0.1) is 0 Å². The predicted molar refractivity (Wildman–Crippen MR) is 103 cm³/mol. The van der Waals surface area contributed by atoms with Crippen LogP contribution in [0.3, 0.4) is 0 Å². The molecule has 0 saturated carbocycles. The average Bonchev–Trinajstić information content (AvgIpc) is 2.91. The summed E-state index contributed by atoms with van der Waals surface area (Å²) in [5.74, 6) is 0. The zero-order valence-corrected chi connectivity index (χ0v) is 16.5. The third kappa shape index (κ3) is 6.03. The van der Waals surface area contributed by atoms with Crippen molar-refractivity contribution in [3.63, 3.8) is 0 Å². The number of H-pyrrole nitrogens is 1. The Balaban J connectivity index is 1.93. The number of nitrogens with one attached hydrogen (secondary N) is 2. The maximum Gasteiger partial charge on any atom is 0.407 e. The van der Waals surface area contributed by atoms with Crippen molar-refractivity contribution in [3.05, 3.63) is 36.0 Å². The molecule has 0 aliphatic carbocycles. The minimum Gasteiger partial charge on any atom is -0.444 e. The Hall–Kier alpha value is -2.06. The van der Waals surface area contributed by atoms with Gasteiger partial charge in [-0.2, -0.15) is 0 Å². The van der Waals surface area contributed by atoms with Crippen molar-refractivity contribution in [3.8, 4) is 0 Å². The number of carbonyl (C=O) groups is 1. The van der Waals surface area contributed by atoms with Crippen molar-refractivity contribution in [2.24, 2.45) is 0 Å². The van der Waals surface area contributed by atoms with E-state index in [1.54, 1.807) is 20.8 Å². The maximum atomic E-state index is 12.0. The van der Waals surface area contributed by atoms with E-state index in [0.29, 0.717) is 13.0 Å². The minimum absolute atomic E-state index is 0.190. The summed E-state index contributed by atoms with van der Waals surface area (Å²) < 4.78 is 30.6. The van der Waals surface area contributed by atoms with E-state index in [1.807, 2.05) is 30.5 Å². The molecule has 0 atom stereocenters. The summed E-state index contributed by atoms with van der Waals surface area (Å²) in [6.45, 7) is 6.05. The quantitative estimate of drug-likeness (QED) is 0.771. The molecule has 0 unspecified atom stereocenters. The molecule has 144 valence electrons. The van der Waals surface area contributed by atoms with Gasteiger partial charge >= 0.3 is 6.09 Å². The number of rotatable bonds is 7. The van der Waals surface area contributed by atoms with Gasteiger partial charge in [-0.3, -0.25) is 0 Å². The Kier molecular flexibility index (Phi) is 6.30. The molecule has 1 aromatic heterocycles. The van der Waals surface area contributed by atoms with Gasteiger partial charge in [-0.15, -0.1) is 0 Å². The van der Waals surface area contributed by atoms with E-state index in [-0.39, 0.29) is 13.1 Å². The number of alkyl carbamates (subject to hydrolysis) is 1. The third-order valence-electron chi connectivity index (χ3n) is 3.80. The van der Waals surface area contributed by atoms with E-state index in [0.717, 1.165) is 16.5 Å². The fourth-order valence-electron chi connectivity index (χ4n) is 2.62. The molecule has 2 N–H and O–H groups in total. The molecule has 26 heavy (non-hydrogen) atoms. The van der Waals surface area contributed by atoms with Gasteiger partial charge in [-0.25, -0.2) is 17.5 Å². The monoisotopic (exact) mass is 381 g/mol. The van der Waals surface area contributed by atoms with Crippen molar-refractivity contribution >= 4 is 27.0 Å². The summed E-state index contributed by atoms with van der Waals surface area (Å²) in [5.41, 5.74) is 1.50. The highest BCUT2D eigenvalue weighted by atomic mass is 32.2. The SMILES string of the molecule is CC(C)(C)OC(=O)NCCN(CCc1c[nH]c2ccccc12)S(C)(=O)=O. The summed E-state index contributed by atoms with van der Waals surface area (Å²) in [7, 11) is -3.37. The van der Waals surface area contributed by atoms with Crippen LogP contribution in [0.5, 0.6) is 0 Å². The Morgan fingerprint density at radius 3 is 2.58 bits per heavy atom. The number of aromatic amines is 1. The fraction of sp³-hybridized carbons (Fsp3) is 0.500. The van der Waals surface area contributed by atoms with E-state index in [9.17, 15) is 13.2 Å². The maximum absolute atomic E-state index is 12.0. The van der Waals surface area contributed by atoms with Gasteiger partial charge in [-0.05, 0) is 38.8 Å². The first-order valence-electron chi connectivity index (χ1n) is 8.53. The Labute approximate surface area is 154 Å². The number of amides is 1. The number of nitrogens with zero attached hydrogens (tertiary/aromatic N) is 1. The third-order valence-corrected chi connectivity index (χ3v) is 5.11. The van der Waals surface area contributed by atoms with Gasteiger partial charge in [0.2, 0.25) is 10.0 Å². The van der Waals surface area contributed by atoms with Crippen LogP contribution >= 0.6 is 0 Å². The van der Waals surface area contributed by atoms with Crippen molar-refractivity contribution < 1.29 is 17.9 Å². The highest BCUT2D eigenvalue weighted by Crippen LogP contribution is 2.18. The van der Waals surface area contributed by atoms with Gasteiger partial charge in [0, 0.05) is 36.7 Å². The van der Waals surface area contributed by atoms with Crippen LogP contribution in [-0.4, -0.2) is 55.3 Å². The van der Waals surface area contributed by atoms with E-state index in [4.69, 9.17) is 4.74 Å². The molecule has 8 heteroatoms. The van der Waals surface area contributed by atoms with Crippen LogP contribution in [0.15, 0.2) is 30.5 Å². The van der Waals surface area contributed by atoms with Crippen LogP contribution in [0.25, 0.3) is 10.9 Å². The molecule has 2 aromatic rings. The molecular weight excluding hydrogens is 354 g/mol. The minimum atomic E-state index is -3.37. The lowest BCUT2D eigenvalue weighted by molar-refractivity contribution is 0.0525. The highest BCUT2D eigenvalue weighted by molar-refractivity contribution is 7.88. The second kappa shape index (κ2) is 8.09. The Bertz CT molecular complexity index is 853. The molecule has 1 aromatic carbocycles. The van der Waals surface area contributed by atoms with Crippen molar-refractivity contribution in [1.29, 1.82) is 0 Å². The fourth-order valence-corrected chi connectivity index (χ4v) is 3.47. The summed E-state index contributed by atoms with van der Waals surface area (Å²) >= 11 is 0. The lowest BCUT2D eigenvalue weighted by atomic mass is 10.1. The smallest absolute Gasteiger partial charge is 0.407 e. The van der Waals surface area contributed by atoms with Crippen molar-refractivity contribution in [1.82, 2.24) is 14.6 Å². The largest absolute Gasteiger partial charge is 0.444 e. The van der Waals surface area contributed by atoms with Gasteiger partial charge < -0.3 is 15.0 Å². The first kappa shape index (κ1) is 20.3. The second-order valence-electron chi connectivity index (χ2n) is 7.20. The second-order valence-corrected chi connectivity index (χ2v) is 9.18. The molecular formula is C18H27N3O4S. The molecule has 0 saturated heterocycles. The lowest BCUT2D eigenvalue weighted by Gasteiger charge is -2.22. The summed E-state index contributed by atoms with van der Waals surface area (Å²) in [6, 6.07) is 7.90. The molecule has 0 spiro atoms. The molecule has 7 nitrogen and oxygen atoms in total. The van der Waals surface area contributed by atoms with Gasteiger partial charge in [0.05, 0.1) is 6.26 Å². The van der Waals surface area contributed by atoms with Gasteiger partial charge in [0.1, 0.15) is 5.60 Å². The summed E-state index contributed by atoms with van der Waals surface area (Å²) in [6.07, 6.45) is 3.12. The van der Waals surface area contributed by atoms with E-state index < -0.39 is 21.7 Å². The highest BCUT2D eigenvalue weighted by Gasteiger charge is 2.19. The number of ether oxygens (including phenoxy) is 1. The standard InChI is InChI=1S/C18H27N3O4S/c1-18(2,3)25-17(22)19-10-12-21(26(4,23)24)11-9-14-13-20-16-8-6-5-7-15(14)16/h5-8,13,20H,9-12H2,1-4H3,(H,19,22). The zero-order valence-electron chi connectivity index (χ0n) is 15.7. The van der Waals surface area contributed by atoms with Gasteiger partial charge in [0.15, 0.2) is 0 Å². The van der Waals surface area contributed by atoms with Crippen LogP contribution < -0.4 is 5.32 Å². The molecule has 1 heterocycles. The lowest BCUT2D eigenvalue weighted by Crippen LogP contribution is -2.40. The van der Waals surface area contributed by atoms with Gasteiger partial charge in [-0.1, -0.05) is 18.2 Å². The van der Waals surface area contributed by atoms with Crippen molar-refractivity contribution in [2.75, 3.05) is 25.9 Å². The number of sulfonamides is 1. The molecule has 0 fully saturated rings. The zero-order chi connectivity index (χ0) is 19.4. The van der Waals surface area contributed by atoms with Crippen molar-refractivity contribution in [2.45, 2.75) is 32.8 Å². The molecule has 0 bridgehead atoms. The summed E-state index contributed by atoms with van der Waals surface area (Å²) in [5, 5.41) is 3.68. The number of hydrogen-bond acceptors (Lipinski definition) is 4. The van der Waals surface area contributed by atoms with E-state index in [1.165, 1.54) is 10.6 Å².